The number of rotatable bonds is 4. The van der Waals surface area contributed by atoms with Crippen LogP contribution in [0.5, 0.6) is 0 Å². The Morgan fingerprint density at radius 3 is 2.52 bits per heavy atom. The van der Waals surface area contributed by atoms with Crippen molar-refractivity contribution in [2.24, 2.45) is 0 Å². The molecule has 5 nitrogen and oxygen atoms in total. The van der Waals surface area contributed by atoms with Crippen molar-refractivity contribution in [3.8, 4) is 5.69 Å². The molecular formula is C16H15N5. The van der Waals surface area contributed by atoms with Crippen LogP contribution in [0.1, 0.15) is 11.4 Å². The number of aromatic nitrogens is 4. The van der Waals surface area contributed by atoms with Crippen molar-refractivity contribution in [2.45, 2.75) is 6.92 Å². The lowest BCUT2D eigenvalue weighted by Gasteiger charge is -2.02. The van der Waals surface area contributed by atoms with E-state index in [0.29, 0.717) is 5.82 Å². The summed E-state index contributed by atoms with van der Waals surface area (Å²) < 4.78 is 1.69. The molecule has 0 aliphatic heterocycles. The van der Waals surface area contributed by atoms with Crippen LogP contribution >= 0.6 is 0 Å². The van der Waals surface area contributed by atoms with Crippen molar-refractivity contribution in [2.75, 3.05) is 5.32 Å². The minimum atomic E-state index is 0.667. The van der Waals surface area contributed by atoms with Crippen LogP contribution in [0.15, 0.2) is 60.8 Å². The van der Waals surface area contributed by atoms with E-state index in [9.17, 15) is 0 Å². The zero-order chi connectivity index (χ0) is 14.5. The van der Waals surface area contributed by atoms with Crippen molar-refractivity contribution in [3.05, 3.63) is 72.2 Å². The van der Waals surface area contributed by atoms with E-state index in [4.69, 9.17) is 0 Å². The fourth-order valence-corrected chi connectivity index (χ4v) is 1.91. The summed E-state index contributed by atoms with van der Waals surface area (Å²) >= 11 is 0. The molecule has 0 aliphatic carbocycles. The van der Waals surface area contributed by atoms with Crippen molar-refractivity contribution >= 4 is 11.8 Å². The predicted octanol–water partition coefficient (Wildman–Crippen LogP) is 3.05. The zero-order valence-electron chi connectivity index (χ0n) is 11.6. The molecule has 3 rings (SSSR count). The van der Waals surface area contributed by atoms with E-state index in [1.165, 1.54) is 5.56 Å². The van der Waals surface area contributed by atoms with Gasteiger partial charge < -0.3 is 5.32 Å². The molecule has 0 unspecified atom stereocenters. The molecule has 0 radical (unpaired) electrons. The third-order valence-corrected chi connectivity index (χ3v) is 3.03. The smallest absolute Gasteiger partial charge is 0.181 e. The van der Waals surface area contributed by atoms with Crippen molar-refractivity contribution < 1.29 is 0 Å². The van der Waals surface area contributed by atoms with Gasteiger partial charge in [-0.2, -0.15) is 4.68 Å². The molecule has 3 aromatic rings. The average Bonchev–Trinajstić information content (AvgIpc) is 2.99. The van der Waals surface area contributed by atoms with E-state index in [0.717, 1.165) is 11.4 Å². The third-order valence-electron chi connectivity index (χ3n) is 3.03. The molecule has 2 aromatic carbocycles. The van der Waals surface area contributed by atoms with Gasteiger partial charge in [-0.25, -0.2) is 0 Å². The second-order valence-corrected chi connectivity index (χ2v) is 4.63. The number of aryl methyl sites for hydroxylation is 1. The molecule has 0 bridgehead atoms. The second-order valence-electron chi connectivity index (χ2n) is 4.63. The first-order valence-corrected chi connectivity index (χ1v) is 6.66. The van der Waals surface area contributed by atoms with Gasteiger partial charge in [-0.15, -0.1) is 5.10 Å². The Morgan fingerprint density at radius 1 is 1.00 bits per heavy atom. The van der Waals surface area contributed by atoms with Gasteiger partial charge in [0.25, 0.3) is 0 Å². The highest BCUT2D eigenvalue weighted by atomic mass is 15.5. The molecule has 0 aliphatic rings. The maximum Gasteiger partial charge on any atom is 0.181 e. The minimum Gasteiger partial charge on any atom is -0.362 e. The van der Waals surface area contributed by atoms with E-state index < -0.39 is 0 Å². The molecule has 5 heteroatoms. The molecule has 0 amide bonds. The van der Waals surface area contributed by atoms with E-state index in [2.05, 4.69) is 39.9 Å². The topological polar surface area (TPSA) is 55.6 Å². The van der Waals surface area contributed by atoms with Crippen molar-refractivity contribution in [1.29, 1.82) is 0 Å². The monoisotopic (exact) mass is 277 g/mol. The molecule has 0 saturated carbocycles. The number of nitrogens with zero attached hydrogens (tertiary/aromatic N) is 4. The number of hydrogen-bond acceptors (Lipinski definition) is 4. The maximum atomic E-state index is 4.01. The number of nitrogens with one attached hydrogen (secondary N) is 1. The fraction of sp³-hybridized carbons (Fsp3) is 0.0625. The van der Waals surface area contributed by atoms with Crippen LogP contribution in [-0.4, -0.2) is 20.2 Å². The summed E-state index contributed by atoms with van der Waals surface area (Å²) in [6.45, 7) is 2.06. The number of hydrogen-bond donors (Lipinski definition) is 1. The molecule has 1 N–H and O–H groups in total. The highest BCUT2D eigenvalue weighted by Crippen LogP contribution is 2.10. The van der Waals surface area contributed by atoms with E-state index in [1.807, 2.05) is 54.7 Å². The standard InChI is InChI=1S/C16H15N5/c1-13-7-9-14(10-8-13)17-12-11-16-18-19-20-21(16)15-5-3-2-4-6-15/h2-12,17H,1H3. The van der Waals surface area contributed by atoms with Gasteiger partial charge in [0, 0.05) is 18.0 Å². The van der Waals surface area contributed by atoms with Crippen LogP contribution in [0.25, 0.3) is 11.8 Å². The van der Waals surface area contributed by atoms with Crippen LogP contribution < -0.4 is 5.32 Å². The van der Waals surface area contributed by atoms with Gasteiger partial charge in [-0.3, -0.25) is 0 Å². The van der Waals surface area contributed by atoms with Crippen molar-refractivity contribution in [1.82, 2.24) is 20.2 Å². The first-order valence-electron chi connectivity index (χ1n) is 6.66. The molecule has 1 heterocycles. The van der Waals surface area contributed by atoms with Gasteiger partial charge in [0.05, 0.1) is 5.69 Å². The first-order chi connectivity index (χ1) is 10.3. The SMILES string of the molecule is Cc1ccc(NC=Cc2nnnn2-c2ccccc2)cc1. The van der Waals surface area contributed by atoms with Gasteiger partial charge >= 0.3 is 0 Å². The van der Waals surface area contributed by atoms with Crippen LogP contribution in [-0.2, 0) is 0 Å². The first kappa shape index (κ1) is 13.1. The van der Waals surface area contributed by atoms with Crippen LogP contribution in [0, 0.1) is 6.92 Å². The van der Waals surface area contributed by atoms with Crippen LogP contribution in [0.2, 0.25) is 0 Å². The summed E-state index contributed by atoms with van der Waals surface area (Å²) in [5.74, 6) is 0.667. The number of anilines is 1. The minimum absolute atomic E-state index is 0.667. The fourth-order valence-electron chi connectivity index (χ4n) is 1.91. The molecule has 1 aromatic heterocycles. The quantitative estimate of drug-likeness (QED) is 0.796. The summed E-state index contributed by atoms with van der Waals surface area (Å²) in [5.41, 5.74) is 3.19. The van der Waals surface area contributed by atoms with Crippen molar-refractivity contribution in [3.63, 3.8) is 0 Å². The Labute approximate surface area is 122 Å². The normalized spacial score (nSPS) is 10.9. The number of benzene rings is 2. The van der Waals surface area contributed by atoms with E-state index >= 15 is 0 Å². The Balaban J connectivity index is 1.75. The summed E-state index contributed by atoms with van der Waals surface area (Å²) in [4.78, 5) is 0. The molecule has 0 saturated heterocycles. The van der Waals surface area contributed by atoms with Gasteiger partial charge in [0.1, 0.15) is 0 Å². The van der Waals surface area contributed by atoms with Gasteiger partial charge in [-0.05, 0) is 41.6 Å². The van der Waals surface area contributed by atoms with E-state index in [-0.39, 0.29) is 0 Å². The van der Waals surface area contributed by atoms with Gasteiger partial charge in [0.2, 0.25) is 0 Å². The summed E-state index contributed by atoms with van der Waals surface area (Å²) in [5, 5.41) is 14.9. The largest absolute Gasteiger partial charge is 0.362 e. The maximum absolute atomic E-state index is 4.01. The predicted molar refractivity (Wildman–Crippen MR) is 83.0 cm³/mol. The molecule has 0 atom stereocenters. The highest BCUT2D eigenvalue weighted by molar-refractivity contribution is 5.52. The molecule has 0 spiro atoms. The zero-order valence-corrected chi connectivity index (χ0v) is 11.6. The van der Waals surface area contributed by atoms with Crippen LogP contribution in [0.3, 0.4) is 0 Å². The second kappa shape index (κ2) is 6.00. The highest BCUT2D eigenvalue weighted by Gasteiger charge is 2.03. The van der Waals surface area contributed by atoms with E-state index in [1.54, 1.807) is 4.68 Å². The molecule has 0 fully saturated rings. The Bertz CT molecular complexity index is 729. The molecular weight excluding hydrogens is 262 g/mol. The number of para-hydroxylation sites is 1. The van der Waals surface area contributed by atoms with Gasteiger partial charge in [0.15, 0.2) is 5.82 Å². The summed E-state index contributed by atoms with van der Waals surface area (Å²) in [6.07, 6.45) is 3.67. The Morgan fingerprint density at radius 2 is 1.76 bits per heavy atom. The molecule has 104 valence electrons. The van der Waals surface area contributed by atoms with Crippen LogP contribution in [0.4, 0.5) is 5.69 Å². The Hall–Kier alpha value is -2.95. The third kappa shape index (κ3) is 3.14. The molecule has 21 heavy (non-hydrogen) atoms. The van der Waals surface area contributed by atoms with Gasteiger partial charge in [-0.1, -0.05) is 35.9 Å². The Kier molecular flexibility index (Phi) is 3.73. The lowest BCUT2D eigenvalue weighted by molar-refractivity contribution is 0.787. The summed E-state index contributed by atoms with van der Waals surface area (Å²) in [7, 11) is 0. The lowest BCUT2D eigenvalue weighted by Crippen LogP contribution is -1.99. The number of tetrazole rings is 1. The average molecular weight is 277 g/mol. The summed E-state index contributed by atoms with van der Waals surface area (Å²) in [6, 6.07) is 18.0. The lowest BCUT2D eigenvalue weighted by atomic mass is 10.2.